The summed E-state index contributed by atoms with van der Waals surface area (Å²) in [5.74, 6) is -0.656. The second kappa shape index (κ2) is 13.3. The summed E-state index contributed by atoms with van der Waals surface area (Å²) in [6, 6.07) is 2.90. The van der Waals surface area contributed by atoms with E-state index in [0.717, 1.165) is 17.7 Å². The monoisotopic (exact) mass is 617 g/mol. The minimum atomic E-state index is -1.01. The molecule has 0 radical (unpaired) electrons. The van der Waals surface area contributed by atoms with Gasteiger partial charge in [-0.2, -0.15) is 0 Å². The van der Waals surface area contributed by atoms with Gasteiger partial charge in [0.15, 0.2) is 0 Å². The number of unbranched alkanes of at least 4 members (excludes halogenated alkanes) is 1. The minimum absolute atomic E-state index is 0.110. The lowest BCUT2D eigenvalue weighted by molar-refractivity contribution is -0.187. The predicted octanol–water partition coefficient (Wildman–Crippen LogP) is -1.55. The fourth-order valence-electron chi connectivity index (χ4n) is 7.54. The van der Waals surface area contributed by atoms with Crippen LogP contribution in [-0.2, 0) is 40.5 Å². The highest BCUT2D eigenvalue weighted by Crippen LogP contribution is 2.64. The Hall–Kier alpha value is -3.46. The standard InChI is InChI=1S/C30H43N5O9/c1-31-23(37)14-42-15-24(38)32-8-3-4-9-33-25(39)16-43-17-26(40)34-20-5-6-30(41)22-12-18-11-19(36)13-21-27(18)29(30,28(20)44-21)7-10-35(22)2/h11,13,20,22,28,36,41H,3-10,12,14-17H2,1-2H3,(H,31,37)(H,32,38)(H,33,39)(H,34,40)/t20-,22+,28-,29-,30+/m0/s1. The van der Waals surface area contributed by atoms with Crippen molar-refractivity contribution in [2.75, 3.05) is 60.2 Å². The molecule has 1 saturated carbocycles. The van der Waals surface area contributed by atoms with Gasteiger partial charge in [0.25, 0.3) is 0 Å². The Morgan fingerprint density at radius 2 is 1.61 bits per heavy atom. The summed E-state index contributed by atoms with van der Waals surface area (Å²) in [6.45, 7) is 0.622. The van der Waals surface area contributed by atoms with Gasteiger partial charge in [-0.15, -0.1) is 0 Å². The van der Waals surface area contributed by atoms with E-state index < -0.39 is 17.1 Å². The van der Waals surface area contributed by atoms with Crippen LogP contribution in [0.5, 0.6) is 11.5 Å². The number of aliphatic hydroxyl groups is 1. The maximum atomic E-state index is 12.9. The molecule has 5 rings (SSSR count). The first-order valence-electron chi connectivity index (χ1n) is 15.2. The predicted molar refractivity (Wildman–Crippen MR) is 156 cm³/mol. The molecule has 44 heavy (non-hydrogen) atoms. The molecule has 6 N–H and O–H groups in total. The third-order valence-corrected chi connectivity index (χ3v) is 9.49. The van der Waals surface area contributed by atoms with Gasteiger partial charge in [-0.3, -0.25) is 19.2 Å². The van der Waals surface area contributed by atoms with Crippen molar-refractivity contribution >= 4 is 23.6 Å². The first-order valence-corrected chi connectivity index (χ1v) is 15.2. The molecular weight excluding hydrogens is 574 g/mol. The second-order valence-electron chi connectivity index (χ2n) is 12.1. The van der Waals surface area contributed by atoms with E-state index in [-0.39, 0.29) is 67.9 Å². The van der Waals surface area contributed by atoms with Crippen LogP contribution in [0.3, 0.4) is 0 Å². The van der Waals surface area contributed by atoms with E-state index in [4.69, 9.17) is 14.2 Å². The first-order chi connectivity index (χ1) is 21.1. The maximum absolute atomic E-state index is 12.9. The van der Waals surface area contributed by atoms with Gasteiger partial charge >= 0.3 is 0 Å². The number of ether oxygens (including phenoxy) is 3. The maximum Gasteiger partial charge on any atom is 0.246 e. The molecule has 1 spiro atoms. The van der Waals surface area contributed by atoms with Crippen molar-refractivity contribution in [2.45, 2.75) is 67.7 Å². The molecule has 2 bridgehead atoms. The number of carbonyl (C=O) groups excluding carboxylic acids is 4. The molecule has 1 saturated heterocycles. The zero-order valence-corrected chi connectivity index (χ0v) is 25.3. The molecule has 14 heteroatoms. The van der Waals surface area contributed by atoms with Crippen molar-refractivity contribution in [1.82, 2.24) is 26.2 Å². The number of likely N-dealkylation sites (tertiary alicyclic amines) is 1. The van der Waals surface area contributed by atoms with Crippen molar-refractivity contribution in [3.05, 3.63) is 23.3 Å². The lowest BCUT2D eigenvalue weighted by Gasteiger charge is -2.63. The molecule has 1 aromatic rings. The average Bonchev–Trinajstić information content (AvgIpc) is 3.32. The molecule has 4 amide bonds. The zero-order valence-electron chi connectivity index (χ0n) is 25.3. The van der Waals surface area contributed by atoms with Crippen LogP contribution in [-0.4, -0.2) is 123 Å². The van der Waals surface area contributed by atoms with Crippen molar-refractivity contribution in [3.63, 3.8) is 0 Å². The second-order valence-corrected chi connectivity index (χ2v) is 12.1. The number of rotatable bonds is 14. The lowest BCUT2D eigenvalue weighted by atomic mass is 9.48. The number of benzene rings is 1. The Labute approximate surface area is 256 Å². The summed E-state index contributed by atoms with van der Waals surface area (Å²) in [7, 11) is 3.50. The van der Waals surface area contributed by atoms with E-state index in [9.17, 15) is 29.4 Å². The zero-order chi connectivity index (χ0) is 31.5. The molecule has 2 fully saturated rings. The number of hydrogen-bond donors (Lipinski definition) is 6. The van der Waals surface area contributed by atoms with E-state index >= 15 is 0 Å². The Balaban J connectivity index is 1.03. The molecule has 2 aliphatic heterocycles. The van der Waals surface area contributed by atoms with Crippen LogP contribution >= 0.6 is 0 Å². The number of amides is 4. The number of aromatic hydroxyl groups is 1. The van der Waals surface area contributed by atoms with Gasteiger partial charge in [0.1, 0.15) is 44.0 Å². The van der Waals surface area contributed by atoms with Gasteiger partial charge in [-0.1, -0.05) is 0 Å². The highest BCUT2D eigenvalue weighted by molar-refractivity contribution is 5.80. The average molecular weight is 618 g/mol. The van der Waals surface area contributed by atoms with E-state index in [0.29, 0.717) is 57.4 Å². The molecule has 14 nitrogen and oxygen atoms in total. The first kappa shape index (κ1) is 31.9. The van der Waals surface area contributed by atoms with E-state index in [1.165, 1.54) is 7.05 Å². The summed E-state index contributed by atoms with van der Waals surface area (Å²) in [6.07, 6.45) is 3.11. The van der Waals surface area contributed by atoms with Gasteiger partial charge in [-0.05, 0) is 63.7 Å². The van der Waals surface area contributed by atoms with Crippen molar-refractivity contribution in [3.8, 4) is 11.5 Å². The molecule has 4 aliphatic rings. The number of likely N-dealkylation sites (N-methyl/N-ethyl adjacent to an activating group) is 2. The normalized spacial score (nSPS) is 27.9. The van der Waals surface area contributed by atoms with Crippen LogP contribution < -0.4 is 26.0 Å². The summed E-state index contributed by atoms with van der Waals surface area (Å²) < 4.78 is 16.8. The number of nitrogens with one attached hydrogen (secondary N) is 4. The molecule has 1 aromatic carbocycles. The third kappa shape index (κ3) is 6.08. The summed E-state index contributed by atoms with van der Waals surface area (Å²) in [4.78, 5) is 49.9. The molecule has 2 aliphatic carbocycles. The molecule has 242 valence electrons. The molecule has 2 heterocycles. The molecule has 0 aromatic heterocycles. The van der Waals surface area contributed by atoms with E-state index in [1.54, 1.807) is 12.1 Å². The number of phenolic OH excluding ortho intramolecular Hbond substituents is 1. The van der Waals surface area contributed by atoms with Gasteiger partial charge in [0.05, 0.1) is 17.1 Å². The Morgan fingerprint density at radius 1 is 0.977 bits per heavy atom. The van der Waals surface area contributed by atoms with Crippen molar-refractivity contribution in [1.29, 1.82) is 0 Å². The Morgan fingerprint density at radius 3 is 2.27 bits per heavy atom. The number of piperidine rings is 1. The van der Waals surface area contributed by atoms with Crippen LogP contribution in [0.15, 0.2) is 12.1 Å². The van der Waals surface area contributed by atoms with E-state index in [1.807, 2.05) is 7.05 Å². The van der Waals surface area contributed by atoms with E-state index in [2.05, 4.69) is 26.2 Å². The number of phenols is 1. The SMILES string of the molecule is CNC(=O)COCC(=O)NCCCCNC(=O)COCC(=O)N[C@H]1CC[C@@]2(O)[C@H]3Cc4cc(O)cc5c4[C@@]2(CCN3C)[C@H]1O5. The smallest absolute Gasteiger partial charge is 0.246 e. The Kier molecular flexibility index (Phi) is 9.63. The van der Waals surface area contributed by atoms with Gasteiger partial charge in [-0.25, -0.2) is 0 Å². The van der Waals surface area contributed by atoms with Crippen LogP contribution in [0, 0.1) is 0 Å². The molecule has 5 atom stereocenters. The summed E-state index contributed by atoms with van der Waals surface area (Å²) >= 11 is 0. The van der Waals surface area contributed by atoms with Gasteiger partial charge in [0.2, 0.25) is 23.6 Å². The number of hydrogen-bond acceptors (Lipinski definition) is 10. The topological polar surface area (TPSA) is 188 Å². The van der Waals surface area contributed by atoms with Crippen LogP contribution in [0.2, 0.25) is 0 Å². The minimum Gasteiger partial charge on any atom is -0.508 e. The van der Waals surface area contributed by atoms with Gasteiger partial charge in [0, 0.05) is 37.8 Å². The lowest BCUT2D eigenvalue weighted by Crippen LogP contribution is -2.77. The highest BCUT2D eigenvalue weighted by atomic mass is 16.5. The fourth-order valence-corrected chi connectivity index (χ4v) is 7.54. The third-order valence-electron chi connectivity index (χ3n) is 9.49. The van der Waals surface area contributed by atoms with Gasteiger partial charge < -0.3 is 50.6 Å². The van der Waals surface area contributed by atoms with Crippen LogP contribution in [0.1, 0.15) is 43.2 Å². The Bertz CT molecular complexity index is 1280. The quantitative estimate of drug-likeness (QED) is 0.134. The summed E-state index contributed by atoms with van der Waals surface area (Å²) in [5, 5.41) is 33.4. The van der Waals surface area contributed by atoms with Crippen molar-refractivity contribution < 1.29 is 43.6 Å². The molecular formula is C30H43N5O9. The van der Waals surface area contributed by atoms with Crippen LogP contribution in [0.25, 0.3) is 0 Å². The van der Waals surface area contributed by atoms with Crippen LogP contribution in [0.4, 0.5) is 0 Å². The fraction of sp³-hybridized carbons (Fsp3) is 0.667. The number of carbonyl (C=O) groups is 4. The molecule has 0 unspecified atom stereocenters. The van der Waals surface area contributed by atoms with Crippen molar-refractivity contribution in [2.24, 2.45) is 0 Å². The highest BCUT2D eigenvalue weighted by Gasteiger charge is 2.72. The summed E-state index contributed by atoms with van der Waals surface area (Å²) in [5.41, 5.74) is 0.261. The largest absolute Gasteiger partial charge is 0.508 e. The number of nitrogens with zero attached hydrogens (tertiary/aromatic N) is 1.